The van der Waals surface area contributed by atoms with E-state index in [1.807, 2.05) is 6.92 Å². The smallest absolute Gasteiger partial charge is 0.121 e. The number of hydrogen-bond donors (Lipinski definition) is 0. The third-order valence-corrected chi connectivity index (χ3v) is 0.757. The van der Waals surface area contributed by atoms with E-state index in [4.69, 9.17) is 0 Å². The minimum Gasteiger partial charge on any atom is -0.274 e. The predicted octanol–water partition coefficient (Wildman–Crippen LogP) is 1.13. The molecule has 0 aromatic rings. The molecule has 7 heavy (non-hydrogen) atoms. The Balaban J connectivity index is 3.60. The summed E-state index contributed by atoms with van der Waals surface area (Å²) < 4.78 is 0. The molecule has 0 aromatic carbocycles. The Morgan fingerprint density at radius 2 is 2.29 bits per heavy atom. The average Bonchev–Trinajstić information content (AvgIpc) is 1.72. The molecular weight excluding hydrogens is 88.1 g/mol. The van der Waals surface area contributed by atoms with Gasteiger partial charge in [0.25, 0.3) is 0 Å². The van der Waals surface area contributed by atoms with Crippen LogP contribution in [0.5, 0.6) is 0 Å². The van der Waals surface area contributed by atoms with Crippen LogP contribution in [0.1, 0.15) is 13.3 Å². The molecule has 0 atom stereocenters. The Hall–Kier alpha value is -0.660. The fourth-order valence-electron chi connectivity index (χ4n) is 0.341. The lowest BCUT2D eigenvalue weighted by Crippen LogP contribution is -1.86. The summed E-state index contributed by atoms with van der Waals surface area (Å²) in [6.07, 6.45) is 0.875. The summed E-state index contributed by atoms with van der Waals surface area (Å²) in [4.78, 5) is 7.44. The van der Waals surface area contributed by atoms with Crippen LogP contribution in [0.3, 0.4) is 0 Å². The summed E-state index contributed by atoms with van der Waals surface area (Å²) in [5.41, 5.74) is 0. The van der Waals surface area contributed by atoms with Crippen LogP contribution >= 0.6 is 0 Å². The fourth-order valence-corrected chi connectivity index (χ4v) is 0.341. The predicted molar refractivity (Wildman–Crippen MR) is 33.2 cm³/mol. The first-order chi connectivity index (χ1) is 3.35. The molecule has 40 valence electrons. The number of aliphatic imine (C=N–C) groups is 2. The number of hydrogen-bond acceptors (Lipinski definition) is 1. The van der Waals surface area contributed by atoms with Gasteiger partial charge in [0.1, 0.15) is 5.84 Å². The molecule has 0 unspecified atom stereocenters. The zero-order valence-electron chi connectivity index (χ0n) is 4.81. The van der Waals surface area contributed by atoms with Crippen molar-refractivity contribution in [1.82, 2.24) is 0 Å². The van der Waals surface area contributed by atoms with Crippen molar-refractivity contribution >= 4 is 12.6 Å². The van der Waals surface area contributed by atoms with Gasteiger partial charge in [-0.15, -0.1) is 0 Å². The van der Waals surface area contributed by atoms with Gasteiger partial charge in [-0.1, -0.05) is 6.92 Å². The van der Waals surface area contributed by atoms with Gasteiger partial charge in [0, 0.05) is 13.5 Å². The quantitative estimate of drug-likeness (QED) is 0.347. The van der Waals surface area contributed by atoms with Gasteiger partial charge in [-0.25, -0.2) is 4.99 Å². The van der Waals surface area contributed by atoms with Gasteiger partial charge in [-0.2, -0.15) is 0 Å². The van der Waals surface area contributed by atoms with E-state index in [-0.39, 0.29) is 0 Å². The molecule has 0 heterocycles. The average molecular weight is 98.1 g/mol. The largest absolute Gasteiger partial charge is 0.274 e. The first-order valence-electron chi connectivity index (χ1n) is 2.27. The Morgan fingerprint density at radius 3 is 2.29 bits per heavy atom. The topological polar surface area (TPSA) is 24.7 Å². The molecular formula is C5H10N2. The second-order valence-corrected chi connectivity index (χ2v) is 1.15. The standard InChI is InChI=1S/C5H10N2/c1-4-5(6-2)7-3/h2,4H2,1,3H3. The molecule has 0 radical (unpaired) electrons. The maximum atomic E-state index is 3.81. The maximum Gasteiger partial charge on any atom is 0.121 e. The zero-order chi connectivity index (χ0) is 5.70. The second-order valence-electron chi connectivity index (χ2n) is 1.15. The van der Waals surface area contributed by atoms with E-state index in [0.29, 0.717) is 0 Å². The van der Waals surface area contributed by atoms with E-state index in [1.54, 1.807) is 7.05 Å². The Labute approximate surface area is 44.0 Å². The molecule has 0 aliphatic heterocycles. The van der Waals surface area contributed by atoms with Crippen LogP contribution in [-0.4, -0.2) is 19.6 Å². The molecule has 0 saturated heterocycles. The lowest BCUT2D eigenvalue weighted by atomic mass is 10.4. The van der Waals surface area contributed by atoms with Crippen LogP contribution in [0.15, 0.2) is 9.98 Å². The number of rotatable bonds is 1. The highest BCUT2D eigenvalue weighted by Gasteiger charge is 1.81. The third kappa shape index (κ3) is 2.09. The molecule has 0 amide bonds. The van der Waals surface area contributed by atoms with Crippen molar-refractivity contribution in [2.45, 2.75) is 13.3 Å². The van der Waals surface area contributed by atoms with Gasteiger partial charge in [-0.05, 0) is 6.72 Å². The molecule has 0 aliphatic rings. The van der Waals surface area contributed by atoms with E-state index in [2.05, 4.69) is 16.7 Å². The van der Waals surface area contributed by atoms with E-state index in [0.717, 1.165) is 12.3 Å². The summed E-state index contributed by atoms with van der Waals surface area (Å²) >= 11 is 0. The normalized spacial score (nSPS) is 11.4. The van der Waals surface area contributed by atoms with Gasteiger partial charge in [0.15, 0.2) is 0 Å². The lowest BCUT2D eigenvalue weighted by molar-refractivity contribution is 1.22. The molecule has 0 saturated carbocycles. The molecule has 0 fully saturated rings. The molecule has 2 nitrogen and oxygen atoms in total. The first kappa shape index (κ1) is 6.34. The molecule has 0 spiro atoms. The molecule has 0 bridgehead atoms. The van der Waals surface area contributed by atoms with Crippen molar-refractivity contribution in [3.8, 4) is 0 Å². The van der Waals surface area contributed by atoms with Crippen LogP contribution in [0.2, 0.25) is 0 Å². The van der Waals surface area contributed by atoms with Crippen molar-refractivity contribution < 1.29 is 0 Å². The van der Waals surface area contributed by atoms with Crippen LogP contribution in [0.25, 0.3) is 0 Å². The van der Waals surface area contributed by atoms with Crippen molar-refractivity contribution in [2.75, 3.05) is 7.05 Å². The minimum absolute atomic E-state index is 0.819. The summed E-state index contributed by atoms with van der Waals surface area (Å²) in [5, 5.41) is 0. The van der Waals surface area contributed by atoms with Crippen molar-refractivity contribution in [3.63, 3.8) is 0 Å². The minimum atomic E-state index is 0.819. The third-order valence-electron chi connectivity index (χ3n) is 0.757. The molecule has 0 rings (SSSR count). The van der Waals surface area contributed by atoms with Crippen LogP contribution in [0, 0.1) is 0 Å². The zero-order valence-corrected chi connectivity index (χ0v) is 4.81. The van der Waals surface area contributed by atoms with Gasteiger partial charge < -0.3 is 0 Å². The van der Waals surface area contributed by atoms with Crippen molar-refractivity contribution in [1.29, 1.82) is 0 Å². The van der Waals surface area contributed by atoms with Crippen molar-refractivity contribution in [3.05, 3.63) is 0 Å². The SMILES string of the molecule is C=NC(CC)=NC. The Morgan fingerprint density at radius 1 is 1.71 bits per heavy atom. The van der Waals surface area contributed by atoms with E-state index < -0.39 is 0 Å². The number of nitrogens with zero attached hydrogens (tertiary/aromatic N) is 2. The molecule has 0 aromatic heterocycles. The fraction of sp³-hybridized carbons (Fsp3) is 0.600. The summed E-state index contributed by atoms with van der Waals surface area (Å²) in [6, 6.07) is 0. The van der Waals surface area contributed by atoms with Gasteiger partial charge in [0.2, 0.25) is 0 Å². The molecule has 0 N–H and O–H groups in total. The van der Waals surface area contributed by atoms with E-state index in [1.165, 1.54) is 0 Å². The van der Waals surface area contributed by atoms with E-state index in [9.17, 15) is 0 Å². The van der Waals surface area contributed by atoms with Crippen LogP contribution in [0.4, 0.5) is 0 Å². The lowest BCUT2D eigenvalue weighted by Gasteiger charge is -1.86. The van der Waals surface area contributed by atoms with Crippen molar-refractivity contribution in [2.24, 2.45) is 9.98 Å². The summed E-state index contributed by atoms with van der Waals surface area (Å²) in [7, 11) is 1.72. The maximum absolute atomic E-state index is 3.81. The number of amidine groups is 1. The second kappa shape index (κ2) is 3.53. The Bertz CT molecular complexity index is 84.1. The van der Waals surface area contributed by atoms with Gasteiger partial charge in [-0.3, -0.25) is 4.99 Å². The highest BCUT2D eigenvalue weighted by atomic mass is 14.9. The summed E-state index contributed by atoms with van der Waals surface area (Å²) in [5.74, 6) is 0.819. The monoisotopic (exact) mass is 98.1 g/mol. The van der Waals surface area contributed by atoms with E-state index >= 15 is 0 Å². The molecule has 2 heteroatoms. The summed E-state index contributed by atoms with van der Waals surface area (Å²) in [6.45, 7) is 5.32. The van der Waals surface area contributed by atoms with Crippen LogP contribution < -0.4 is 0 Å². The van der Waals surface area contributed by atoms with Crippen LogP contribution in [-0.2, 0) is 0 Å². The Kier molecular flexibility index (Phi) is 3.19. The first-order valence-corrected chi connectivity index (χ1v) is 2.27. The molecule has 0 aliphatic carbocycles. The highest BCUT2D eigenvalue weighted by Crippen LogP contribution is 1.82. The van der Waals surface area contributed by atoms with Gasteiger partial charge in [0.05, 0.1) is 0 Å². The highest BCUT2D eigenvalue weighted by molar-refractivity contribution is 5.85. The van der Waals surface area contributed by atoms with Gasteiger partial charge >= 0.3 is 0 Å².